The van der Waals surface area contributed by atoms with Crippen molar-refractivity contribution in [3.8, 4) is 5.75 Å². The number of rotatable bonds is 4. The number of hydrogen-bond acceptors (Lipinski definition) is 3. The molecule has 1 heterocycles. The van der Waals surface area contributed by atoms with Crippen LogP contribution in [-0.4, -0.2) is 22.4 Å². The van der Waals surface area contributed by atoms with Crippen LogP contribution in [0.25, 0.3) is 0 Å². The SMILES string of the molecule is O=C(O)Cc1cc(OC(F)(F)F)c(CF)c(=O)[nH]1. The van der Waals surface area contributed by atoms with Crippen molar-refractivity contribution in [2.75, 3.05) is 0 Å². The highest BCUT2D eigenvalue weighted by atomic mass is 19.4. The Morgan fingerprint density at radius 1 is 1.44 bits per heavy atom. The van der Waals surface area contributed by atoms with Crippen LogP contribution in [0, 0.1) is 0 Å². The molecule has 0 aromatic carbocycles. The van der Waals surface area contributed by atoms with E-state index in [1.165, 1.54) is 0 Å². The van der Waals surface area contributed by atoms with E-state index in [9.17, 15) is 27.2 Å². The number of carbonyl (C=O) groups is 1. The minimum atomic E-state index is -5.10. The molecule has 0 fully saturated rings. The number of aromatic amines is 1. The molecule has 0 aliphatic carbocycles. The van der Waals surface area contributed by atoms with Crippen LogP contribution in [0.1, 0.15) is 11.3 Å². The highest BCUT2D eigenvalue weighted by Crippen LogP contribution is 2.25. The fourth-order valence-electron chi connectivity index (χ4n) is 1.22. The molecule has 0 aliphatic heterocycles. The van der Waals surface area contributed by atoms with Crippen molar-refractivity contribution < 1.29 is 32.2 Å². The summed E-state index contributed by atoms with van der Waals surface area (Å²) in [6, 6.07) is 0.637. The van der Waals surface area contributed by atoms with Crippen molar-refractivity contribution in [2.45, 2.75) is 19.5 Å². The molecule has 1 aromatic heterocycles. The molecule has 2 N–H and O–H groups in total. The second kappa shape index (κ2) is 5.07. The predicted octanol–water partition coefficient (Wildman–Crippen LogP) is 1.37. The number of halogens is 4. The number of ether oxygens (including phenoxy) is 1. The molecule has 0 saturated carbocycles. The third-order valence-electron chi connectivity index (χ3n) is 1.85. The minimum absolute atomic E-state index is 0.316. The van der Waals surface area contributed by atoms with Gasteiger partial charge in [0.2, 0.25) is 0 Å². The van der Waals surface area contributed by atoms with E-state index in [4.69, 9.17) is 5.11 Å². The second-order valence-electron chi connectivity index (χ2n) is 3.22. The first-order valence-corrected chi connectivity index (χ1v) is 4.51. The van der Waals surface area contributed by atoms with Crippen LogP contribution in [-0.2, 0) is 17.9 Å². The molecule has 0 spiro atoms. The number of nitrogens with one attached hydrogen (secondary N) is 1. The Morgan fingerprint density at radius 2 is 2.06 bits per heavy atom. The maximum Gasteiger partial charge on any atom is 0.573 e. The summed E-state index contributed by atoms with van der Waals surface area (Å²) in [5.74, 6) is -2.40. The van der Waals surface area contributed by atoms with Gasteiger partial charge in [-0.1, -0.05) is 0 Å². The van der Waals surface area contributed by atoms with Crippen molar-refractivity contribution in [3.63, 3.8) is 0 Å². The summed E-state index contributed by atoms with van der Waals surface area (Å²) >= 11 is 0. The number of aromatic nitrogens is 1. The molecular formula is C9H7F4NO4. The number of hydrogen-bond donors (Lipinski definition) is 2. The van der Waals surface area contributed by atoms with Crippen molar-refractivity contribution in [3.05, 3.63) is 27.7 Å². The van der Waals surface area contributed by atoms with E-state index in [-0.39, 0.29) is 5.69 Å². The van der Waals surface area contributed by atoms with Gasteiger partial charge in [0.15, 0.2) is 0 Å². The van der Waals surface area contributed by atoms with E-state index in [0.717, 1.165) is 0 Å². The van der Waals surface area contributed by atoms with Gasteiger partial charge in [0.25, 0.3) is 5.56 Å². The van der Waals surface area contributed by atoms with Gasteiger partial charge >= 0.3 is 12.3 Å². The third-order valence-corrected chi connectivity index (χ3v) is 1.85. The molecular weight excluding hydrogens is 262 g/mol. The monoisotopic (exact) mass is 269 g/mol. The van der Waals surface area contributed by atoms with Gasteiger partial charge in [-0.3, -0.25) is 9.59 Å². The van der Waals surface area contributed by atoms with E-state index in [1.807, 2.05) is 4.98 Å². The molecule has 0 radical (unpaired) electrons. The maximum atomic E-state index is 12.4. The summed E-state index contributed by atoms with van der Waals surface area (Å²) in [7, 11) is 0. The normalized spacial score (nSPS) is 11.3. The van der Waals surface area contributed by atoms with E-state index >= 15 is 0 Å². The number of pyridine rings is 1. The van der Waals surface area contributed by atoms with Crippen LogP contribution in [0.4, 0.5) is 17.6 Å². The number of carboxylic acids is 1. The molecule has 1 rings (SSSR count). The lowest BCUT2D eigenvalue weighted by atomic mass is 10.2. The molecule has 0 atom stereocenters. The van der Waals surface area contributed by atoms with Gasteiger partial charge < -0.3 is 14.8 Å². The first-order valence-electron chi connectivity index (χ1n) is 4.51. The van der Waals surface area contributed by atoms with Crippen molar-refractivity contribution in [1.29, 1.82) is 0 Å². The fraction of sp³-hybridized carbons (Fsp3) is 0.333. The van der Waals surface area contributed by atoms with Gasteiger partial charge in [-0.15, -0.1) is 13.2 Å². The highest BCUT2D eigenvalue weighted by Gasteiger charge is 2.33. The Morgan fingerprint density at radius 3 is 2.50 bits per heavy atom. The minimum Gasteiger partial charge on any atom is -0.481 e. The van der Waals surface area contributed by atoms with E-state index < -0.39 is 42.3 Å². The molecule has 0 aliphatic rings. The third kappa shape index (κ3) is 3.75. The average molecular weight is 269 g/mol. The number of alkyl halides is 4. The molecule has 1 aromatic rings. The zero-order valence-electron chi connectivity index (χ0n) is 8.68. The Hall–Kier alpha value is -2.06. The average Bonchev–Trinajstić information content (AvgIpc) is 2.13. The van der Waals surface area contributed by atoms with Gasteiger partial charge in [-0.25, -0.2) is 4.39 Å². The molecule has 100 valence electrons. The van der Waals surface area contributed by atoms with Crippen LogP contribution in [0.5, 0.6) is 5.75 Å². The van der Waals surface area contributed by atoms with Crippen molar-refractivity contribution in [1.82, 2.24) is 4.98 Å². The van der Waals surface area contributed by atoms with Crippen LogP contribution in [0.3, 0.4) is 0 Å². The molecule has 5 nitrogen and oxygen atoms in total. The predicted molar refractivity (Wildman–Crippen MR) is 49.9 cm³/mol. The smallest absolute Gasteiger partial charge is 0.481 e. The Bertz CT molecular complexity index is 508. The molecule has 0 amide bonds. The quantitative estimate of drug-likeness (QED) is 0.809. The fourth-order valence-corrected chi connectivity index (χ4v) is 1.22. The first-order chi connectivity index (χ1) is 8.23. The van der Waals surface area contributed by atoms with E-state index in [0.29, 0.717) is 6.07 Å². The van der Waals surface area contributed by atoms with Gasteiger partial charge in [-0.2, -0.15) is 0 Å². The largest absolute Gasteiger partial charge is 0.573 e. The molecule has 0 saturated heterocycles. The summed E-state index contributed by atoms with van der Waals surface area (Å²) in [6.07, 6.45) is -5.81. The summed E-state index contributed by atoms with van der Waals surface area (Å²) < 4.78 is 51.9. The molecule has 0 unspecified atom stereocenters. The van der Waals surface area contributed by atoms with Crippen LogP contribution in [0.2, 0.25) is 0 Å². The lowest BCUT2D eigenvalue weighted by Gasteiger charge is -2.12. The van der Waals surface area contributed by atoms with Crippen molar-refractivity contribution in [2.24, 2.45) is 0 Å². The van der Waals surface area contributed by atoms with Crippen LogP contribution in [0.15, 0.2) is 10.9 Å². The summed E-state index contributed by atoms with van der Waals surface area (Å²) in [5.41, 5.74) is -2.32. The zero-order valence-corrected chi connectivity index (χ0v) is 8.68. The number of H-pyrrole nitrogens is 1. The van der Waals surface area contributed by atoms with Gasteiger partial charge in [-0.05, 0) is 0 Å². The van der Waals surface area contributed by atoms with Crippen LogP contribution < -0.4 is 10.3 Å². The van der Waals surface area contributed by atoms with Crippen LogP contribution >= 0.6 is 0 Å². The maximum absolute atomic E-state index is 12.4. The van der Waals surface area contributed by atoms with E-state index in [1.54, 1.807) is 0 Å². The summed E-state index contributed by atoms with van der Waals surface area (Å²) in [5, 5.41) is 8.45. The lowest BCUT2D eigenvalue weighted by Crippen LogP contribution is -2.23. The van der Waals surface area contributed by atoms with Gasteiger partial charge in [0.05, 0.1) is 12.0 Å². The standard InChI is InChI=1S/C9H7F4NO4/c10-3-5-6(18-9(11,12)13)1-4(2-7(15)16)14-8(5)17/h1H,2-3H2,(H,14,17)(H,15,16). The van der Waals surface area contributed by atoms with Crippen molar-refractivity contribution >= 4 is 5.97 Å². The highest BCUT2D eigenvalue weighted by molar-refractivity contribution is 5.69. The number of carboxylic acid groups (broad SMARTS) is 1. The summed E-state index contributed by atoms with van der Waals surface area (Å²) in [4.78, 5) is 23.6. The zero-order chi connectivity index (χ0) is 13.9. The number of aliphatic carboxylic acids is 1. The Kier molecular flexibility index (Phi) is 3.94. The second-order valence-corrected chi connectivity index (χ2v) is 3.22. The van der Waals surface area contributed by atoms with Gasteiger partial charge in [0, 0.05) is 11.8 Å². The Balaban J connectivity index is 3.23. The molecule has 0 bridgehead atoms. The summed E-state index contributed by atoms with van der Waals surface area (Å²) in [6.45, 7) is -1.46. The van der Waals surface area contributed by atoms with E-state index in [2.05, 4.69) is 4.74 Å². The Labute approximate surface area is 97.0 Å². The molecule has 18 heavy (non-hydrogen) atoms. The lowest BCUT2D eigenvalue weighted by molar-refractivity contribution is -0.275. The topological polar surface area (TPSA) is 79.4 Å². The van der Waals surface area contributed by atoms with Gasteiger partial charge in [0.1, 0.15) is 12.4 Å². The molecule has 9 heteroatoms. The first kappa shape index (κ1) is 14.0.